The van der Waals surface area contributed by atoms with Crippen molar-refractivity contribution in [1.82, 2.24) is 4.90 Å². The molecule has 3 aromatic carbocycles. The molecule has 0 aliphatic carbocycles. The molecule has 3 aromatic rings. The number of esters is 1. The molecule has 4 rings (SSSR count). The highest BCUT2D eigenvalue weighted by molar-refractivity contribution is 7.91. The average Bonchev–Trinajstić information content (AvgIpc) is 3.22. The summed E-state index contributed by atoms with van der Waals surface area (Å²) in [7, 11) is -2.43. The minimum atomic E-state index is -3.71. The SMILES string of the molecule is COC(=O)C[C@@H]1C[C@@H](CS(=O)(=O)c2ccc(-c3ccc(C(=N)N)cc3)cc2)N(CCCc2ccccc2)C1=O. The largest absolute Gasteiger partial charge is 0.469 e. The maximum atomic E-state index is 13.4. The number of likely N-dealkylation sites (tertiary alicyclic amines) is 1. The average molecular weight is 548 g/mol. The molecule has 1 fully saturated rings. The molecule has 0 saturated carbocycles. The normalized spacial score (nSPS) is 17.3. The summed E-state index contributed by atoms with van der Waals surface area (Å²) in [6.45, 7) is 0.417. The second kappa shape index (κ2) is 12.3. The Bertz CT molecular complexity index is 1420. The Morgan fingerprint density at radius 3 is 2.21 bits per heavy atom. The van der Waals surface area contributed by atoms with E-state index in [2.05, 4.69) is 0 Å². The Hall–Kier alpha value is -3.98. The molecule has 2 atom stereocenters. The summed E-state index contributed by atoms with van der Waals surface area (Å²) in [4.78, 5) is 26.9. The molecule has 1 aliphatic rings. The highest BCUT2D eigenvalue weighted by Crippen LogP contribution is 2.31. The van der Waals surface area contributed by atoms with Gasteiger partial charge in [0.15, 0.2) is 9.84 Å². The zero-order valence-electron chi connectivity index (χ0n) is 21.9. The lowest BCUT2D eigenvalue weighted by atomic mass is 10.0. The van der Waals surface area contributed by atoms with Crippen molar-refractivity contribution < 1.29 is 22.7 Å². The van der Waals surface area contributed by atoms with E-state index < -0.39 is 27.8 Å². The summed E-state index contributed by atoms with van der Waals surface area (Å²) >= 11 is 0. The Morgan fingerprint density at radius 2 is 1.62 bits per heavy atom. The first kappa shape index (κ1) is 28.0. The number of amidine groups is 1. The molecule has 0 unspecified atom stereocenters. The van der Waals surface area contributed by atoms with Gasteiger partial charge in [0.05, 0.1) is 30.1 Å². The molecule has 9 heteroatoms. The lowest BCUT2D eigenvalue weighted by molar-refractivity contribution is -0.144. The van der Waals surface area contributed by atoms with Crippen molar-refractivity contribution >= 4 is 27.5 Å². The Morgan fingerprint density at radius 1 is 1.00 bits per heavy atom. The Kier molecular flexibility index (Phi) is 8.81. The molecule has 1 heterocycles. The number of nitrogens with two attached hydrogens (primary N) is 1. The van der Waals surface area contributed by atoms with Crippen LogP contribution in [0, 0.1) is 11.3 Å². The number of amides is 1. The monoisotopic (exact) mass is 547 g/mol. The third-order valence-corrected chi connectivity index (χ3v) is 8.95. The van der Waals surface area contributed by atoms with Crippen LogP contribution in [0.4, 0.5) is 0 Å². The number of methoxy groups -OCH3 is 1. The molecule has 0 spiro atoms. The van der Waals surface area contributed by atoms with E-state index in [1.165, 1.54) is 7.11 Å². The van der Waals surface area contributed by atoms with Gasteiger partial charge >= 0.3 is 5.97 Å². The number of benzene rings is 3. The summed E-state index contributed by atoms with van der Waals surface area (Å²) in [6.07, 6.45) is 1.69. The van der Waals surface area contributed by atoms with Crippen molar-refractivity contribution in [3.63, 3.8) is 0 Å². The van der Waals surface area contributed by atoms with Gasteiger partial charge in [0.1, 0.15) is 5.84 Å². The van der Waals surface area contributed by atoms with Crippen molar-refractivity contribution in [2.24, 2.45) is 11.7 Å². The van der Waals surface area contributed by atoms with E-state index in [-0.39, 0.29) is 28.8 Å². The van der Waals surface area contributed by atoms with Gasteiger partial charge in [-0.2, -0.15) is 0 Å². The number of aryl methyl sites for hydroxylation is 1. The number of ether oxygens (including phenoxy) is 1. The number of carbonyl (C=O) groups excluding carboxylic acids is 2. The lowest BCUT2D eigenvalue weighted by Gasteiger charge is -2.25. The number of nitrogens with one attached hydrogen (secondary N) is 1. The molecule has 3 N–H and O–H groups in total. The van der Waals surface area contributed by atoms with Crippen molar-refractivity contribution in [2.45, 2.75) is 36.6 Å². The fourth-order valence-electron chi connectivity index (χ4n) is 5.02. The van der Waals surface area contributed by atoms with Crippen molar-refractivity contribution in [3.8, 4) is 11.1 Å². The third-order valence-electron chi connectivity index (χ3n) is 7.13. The molecule has 0 bridgehead atoms. The molecule has 39 heavy (non-hydrogen) atoms. The Labute approximate surface area is 229 Å². The molecule has 1 amide bonds. The van der Waals surface area contributed by atoms with Crippen LogP contribution in [0.5, 0.6) is 0 Å². The van der Waals surface area contributed by atoms with Crippen LogP contribution in [0.15, 0.2) is 83.8 Å². The minimum Gasteiger partial charge on any atom is -0.469 e. The van der Waals surface area contributed by atoms with E-state index in [1.807, 2.05) is 42.5 Å². The fraction of sp³-hybridized carbons (Fsp3) is 0.300. The van der Waals surface area contributed by atoms with Gasteiger partial charge in [-0.3, -0.25) is 15.0 Å². The first-order valence-electron chi connectivity index (χ1n) is 12.9. The molecular weight excluding hydrogens is 514 g/mol. The lowest BCUT2D eigenvalue weighted by Crippen LogP contribution is -2.39. The molecule has 8 nitrogen and oxygen atoms in total. The number of carbonyl (C=O) groups is 2. The second-order valence-electron chi connectivity index (χ2n) is 9.78. The van der Waals surface area contributed by atoms with Gasteiger partial charge in [0, 0.05) is 18.2 Å². The van der Waals surface area contributed by atoms with Gasteiger partial charge < -0.3 is 15.4 Å². The van der Waals surface area contributed by atoms with Crippen LogP contribution in [0.2, 0.25) is 0 Å². The Balaban J connectivity index is 1.48. The maximum absolute atomic E-state index is 13.4. The van der Waals surface area contributed by atoms with Crippen LogP contribution in [0.1, 0.15) is 30.4 Å². The van der Waals surface area contributed by atoms with Crippen LogP contribution in [0.25, 0.3) is 11.1 Å². The van der Waals surface area contributed by atoms with E-state index in [9.17, 15) is 18.0 Å². The number of sulfone groups is 1. The first-order valence-corrected chi connectivity index (χ1v) is 14.5. The van der Waals surface area contributed by atoms with Crippen molar-refractivity contribution in [3.05, 3.63) is 90.0 Å². The van der Waals surface area contributed by atoms with E-state index in [4.69, 9.17) is 15.9 Å². The van der Waals surface area contributed by atoms with Crippen LogP contribution in [0.3, 0.4) is 0 Å². The topological polar surface area (TPSA) is 131 Å². The standard InChI is InChI=1S/C30H33N3O5S/c1-38-28(34)19-25-18-26(33(30(25)35)17-5-8-21-6-3-2-4-7-21)20-39(36,37)27-15-13-23(14-16-27)22-9-11-24(12-10-22)29(31)32/h2-4,6-7,9-16,25-26H,5,8,17-20H2,1H3,(H3,31,32)/t25-,26-/m0/s1. The number of nitrogen functional groups attached to an aromatic ring is 1. The maximum Gasteiger partial charge on any atom is 0.306 e. The molecular formula is C30H33N3O5S. The minimum absolute atomic E-state index is 0.0173. The van der Waals surface area contributed by atoms with Crippen LogP contribution >= 0.6 is 0 Å². The molecule has 204 valence electrons. The van der Waals surface area contributed by atoms with Gasteiger partial charge in [0.2, 0.25) is 5.91 Å². The summed E-state index contributed by atoms with van der Waals surface area (Å²) in [5, 5.41) is 7.52. The number of hydrogen-bond donors (Lipinski definition) is 2. The van der Waals surface area contributed by atoms with E-state index in [1.54, 1.807) is 41.3 Å². The van der Waals surface area contributed by atoms with Crippen LogP contribution in [-0.2, 0) is 30.6 Å². The summed E-state index contributed by atoms with van der Waals surface area (Å²) in [6, 6.07) is 23.2. The third kappa shape index (κ3) is 6.92. The number of hydrogen-bond acceptors (Lipinski definition) is 6. The zero-order chi connectivity index (χ0) is 28.0. The van der Waals surface area contributed by atoms with E-state index in [0.29, 0.717) is 24.9 Å². The number of rotatable bonds is 11. The predicted octanol–water partition coefficient (Wildman–Crippen LogP) is 3.82. The van der Waals surface area contributed by atoms with Crippen LogP contribution < -0.4 is 5.73 Å². The first-order chi connectivity index (χ1) is 18.7. The summed E-state index contributed by atoms with van der Waals surface area (Å²) in [5.74, 6) is -1.49. The molecule has 0 radical (unpaired) electrons. The van der Waals surface area contributed by atoms with Gasteiger partial charge in [-0.05, 0) is 48.1 Å². The highest BCUT2D eigenvalue weighted by Gasteiger charge is 2.42. The van der Waals surface area contributed by atoms with Gasteiger partial charge in [-0.1, -0.05) is 66.7 Å². The van der Waals surface area contributed by atoms with E-state index in [0.717, 1.165) is 23.1 Å². The smallest absolute Gasteiger partial charge is 0.306 e. The number of nitrogens with zero attached hydrogens (tertiary/aromatic N) is 1. The summed E-state index contributed by atoms with van der Waals surface area (Å²) < 4.78 is 31.6. The van der Waals surface area contributed by atoms with Gasteiger partial charge in [-0.25, -0.2) is 8.42 Å². The predicted molar refractivity (Wildman–Crippen MR) is 150 cm³/mol. The van der Waals surface area contributed by atoms with Crippen molar-refractivity contribution in [2.75, 3.05) is 19.4 Å². The highest BCUT2D eigenvalue weighted by atomic mass is 32.2. The van der Waals surface area contributed by atoms with Crippen LogP contribution in [-0.4, -0.2) is 56.5 Å². The van der Waals surface area contributed by atoms with Gasteiger partial charge in [-0.15, -0.1) is 0 Å². The van der Waals surface area contributed by atoms with E-state index >= 15 is 0 Å². The molecule has 1 aliphatic heterocycles. The summed E-state index contributed by atoms with van der Waals surface area (Å²) in [5.41, 5.74) is 8.99. The quantitative estimate of drug-likeness (QED) is 0.213. The molecule has 0 aromatic heterocycles. The fourth-order valence-corrected chi connectivity index (χ4v) is 6.59. The second-order valence-corrected chi connectivity index (χ2v) is 11.8. The van der Waals surface area contributed by atoms with Gasteiger partial charge in [0.25, 0.3) is 0 Å². The zero-order valence-corrected chi connectivity index (χ0v) is 22.7. The molecule has 1 saturated heterocycles. The van der Waals surface area contributed by atoms with Crippen molar-refractivity contribution in [1.29, 1.82) is 5.41 Å².